The van der Waals surface area contributed by atoms with E-state index in [4.69, 9.17) is 28.6 Å². The van der Waals surface area contributed by atoms with Crippen molar-refractivity contribution in [3.63, 3.8) is 0 Å². The highest BCUT2D eigenvalue weighted by Gasteiger charge is 2.40. The molecule has 0 aromatic heterocycles. The Kier molecular flexibility index (Phi) is 2.43. The second-order valence-corrected chi connectivity index (χ2v) is 4.44. The summed E-state index contributed by atoms with van der Waals surface area (Å²) in [6.07, 6.45) is 2.38. The average Bonchev–Trinajstić information content (AvgIpc) is 2.06. The molecule has 0 spiro atoms. The first-order valence-electron chi connectivity index (χ1n) is 4.32. The largest absolute Gasteiger partial charge is 0.467 e. The summed E-state index contributed by atoms with van der Waals surface area (Å²) >= 11 is 10.8. The molecule has 1 aliphatic carbocycles. The Balaban J connectivity index is 2.11. The van der Waals surface area contributed by atoms with E-state index >= 15 is 0 Å². The van der Waals surface area contributed by atoms with Gasteiger partial charge in [-0.15, -0.1) is 11.6 Å². The first kappa shape index (κ1) is 9.21. The van der Waals surface area contributed by atoms with Crippen LogP contribution in [0.2, 0.25) is 0 Å². The zero-order valence-electron chi connectivity index (χ0n) is 6.96. The number of nitrogens with one attached hydrogen (secondary N) is 1. The summed E-state index contributed by atoms with van der Waals surface area (Å²) in [5.41, 5.74) is 0. The molecular formula is C8H10ClNO2S. The second kappa shape index (κ2) is 3.42. The number of fused-ring (bicyclic) bond motifs is 1. The number of alkyl halides is 1. The van der Waals surface area contributed by atoms with Gasteiger partial charge in [-0.05, 0) is 31.5 Å². The van der Waals surface area contributed by atoms with E-state index in [0.717, 1.165) is 12.8 Å². The molecule has 13 heavy (non-hydrogen) atoms. The van der Waals surface area contributed by atoms with E-state index < -0.39 is 0 Å². The van der Waals surface area contributed by atoms with E-state index in [9.17, 15) is 4.79 Å². The third-order valence-electron chi connectivity index (χ3n) is 2.54. The Labute approximate surface area is 86.8 Å². The van der Waals surface area contributed by atoms with Gasteiger partial charge in [0.2, 0.25) is 5.91 Å². The third kappa shape index (κ3) is 1.79. The van der Waals surface area contributed by atoms with E-state index in [1.807, 2.05) is 0 Å². The van der Waals surface area contributed by atoms with Gasteiger partial charge in [0.1, 0.15) is 6.10 Å². The summed E-state index contributed by atoms with van der Waals surface area (Å²) in [5, 5.41) is 2.82. The minimum Gasteiger partial charge on any atom is -0.467 e. The van der Waals surface area contributed by atoms with Gasteiger partial charge in [0.05, 0.1) is 5.92 Å². The van der Waals surface area contributed by atoms with Crippen molar-refractivity contribution in [1.82, 2.24) is 5.32 Å². The fourth-order valence-electron chi connectivity index (χ4n) is 1.87. The monoisotopic (exact) mass is 219 g/mol. The number of rotatable bonds is 0. The molecule has 2 fully saturated rings. The summed E-state index contributed by atoms with van der Waals surface area (Å²) in [5.74, 6) is -0.144. The Bertz CT molecular complexity index is 259. The van der Waals surface area contributed by atoms with E-state index in [-0.39, 0.29) is 28.5 Å². The van der Waals surface area contributed by atoms with Crippen molar-refractivity contribution in [3.8, 4) is 0 Å². The molecule has 3 unspecified atom stereocenters. The smallest absolute Gasteiger partial charge is 0.263 e. The Morgan fingerprint density at radius 3 is 3.08 bits per heavy atom. The number of ether oxygens (including phenoxy) is 1. The summed E-state index contributed by atoms with van der Waals surface area (Å²) in [6.45, 7) is 0. The fourth-order valence-corrected chi connectivity index (χ4v) is 2.41. The van der Waals surface area contributed by atoms with Crippen LogP contribution in [-0.4, -0.2) is 22.6 Å². The Hall–Kier alpha value is -0.350. The Morgan fingerprint density at radius 2 is 2.31 bits per heavy atom. The van der Waals surface area contributed by atoms with Gasteiger partial charge in [-0.1, -0.05) is 0 Å². The van der Waals surface area contributed by atoms with E-state index in [1.54, 1.807) is 0 Å². The van der Waals surface area contributed by atoms with Crippen LogP contribution in [0.4, 0.5) is 0 Å². The van der Waals surface area contributed by atoms with Crippen molar-refractivity contribution < 1.29 is 9.53 Å². The average molecular weight is 220 g/mol. The summed E-state index contributed by atoms with van der Waals surface area (Å²) in [4.78, 5) is 11.4. The number of hydrogen-bond donors (Lipinski definition) is 1. The first-order chi connectivity index (χ1) is 6.16. The molecule has 1 aliphatic heterocycles. The zero-order chi connectivity index (χ0) is 9.42. The number of hydrogen-bond acceptors (Lipinski definition) is 3. The van der Waals surface area contributed by atoms with Crippen molar-refractivity contribution >= 4 is 34.9 Å². The van der Waals surface area contributed by atoms with Crippen LogP contribution in [0.15, 0.2) is 0 Å². The number of carbonyl (C=O) groups excluding carboxylic acids is 1. The van der Waals surface area contributed by atoms with Crippen LogP contribution in [0.1, 0.15) is 19.3 Å². The molecule has 1 saturated heterocycles. The summed E-state index contributed by atoms with van der Waals surface area (Å²) < 4.78 is 5.35. The lowest BCUT2D eigenvalue weighted by molar-refractivity contribution is -0.131. The maximum Gasteiger partial charge on any atom is 0.263 e. The van der Waals surface area contributed by atoms with Gasteiger partial charge >= 0.3 is 0 Å². The molecule has 1 N–H and O–H groups in total. The molecule has 3 nitrogen and oxygen atoms in total. The second-order valence-electron chi connectivity index (χ2n) is 3.45. The molecule has 5 heteroatoms. The van der Waals surface area contributed by atoms with Crippen LogP contribution in [0, 0.1) is 5.92 Å². The molecule has 1 saturated carbocycles. The van der Waals surface area contributed by atoms with Crippen molar-refractivity contribution in [1.29, 1.82) is 0 Å². The van der Waals surface area contributed by atoms with Crippen LogP contribution in [0.25, 0.3) is 0 Å². The molecule has 1 heterocycles. The summed E-state index contributed by atoms with van der Waals surface area (Å²) in [7, 11) is 0. The molecule has 2 rings (SSSR count). The van der Waals surface area contributed by atoms with Gasteiger partial charge in [0.25, 0.3) is 5.17 Å². The van der Waals surface area contributed by atoms with Crippen LogP contribution >= 0.6 is 23.8 Å². The standard InChI is InChI=1S/C8H10ClNO2S/c9-4-1-2-6-5(3-4)7(11)10-8(13)12-6/h4-6H,1-3H2,(H,10,11,13). The minimum atomic E-state index is -0.108. The number of halogens is 1. The third-order valence-corrected chi connectivity index (χ3v) is 3.14. The maximum absolute atomic E-state index is 11.4. The van der Waals surface area contributed by atoms with E-state index in [2.05, 4.69) is 5.32 Å². The van der Waals surface area contributed by atoms with Gasteiger partial charge in [-0.3, -0.25) is 10.1 Å². The summed E-state index contributed by atoms with van der Waals surface area (Å²) in [6, 6.07) is 0. The molecule has 2 aliphatic rings. The van der Waals surface area contributed by atoms with Gasteiger partial charge in [-0.25, -0.2) is 0 Å². The van der Waals surface area contributed by atoms with E-state index in [0.29, 0.717) is 6.42 Å². The lowest BCUT2D eigenvalue weighted by Crippen LogP contribution is -2.51. The lowest BCUT2D eigenvalue weighted by atomic mass is 9.85. The minimum absolute atomic E-state index is 0.0356. The molecule has 3 atom stereocenters. The quantitative estimate of drug-likeness (QED) is 0.492. The predicted molar refractivity (Wildman–Crippen MR) is 52.6 cm³/mol. The molecular weight excluding hydrogens is 210 g/mol. The first-order valence-corrected chi connectivity index (χ1v) is 5.17. The van der Waals surface area contributed by atoms with Crippen LogP contribution in [-0.2, 0) is 9.53 Å². The predicted octanol–water partition coefficient (Wildman–Crippen LogP) is 1.19. The highest BCUT2D eigenvalue weighted by Crippen LogP contribution is 2.32. The SMILES string of the molecule is O=C1NC(=S)OC2CCC(Cl)CC12. The van der Waals surface area contributed by atoms with Gasteiger partial charge in [-0.2, -0.15) is 0 Å². The van der Waals surface area contributed by atoms with Gasteiger partial charge in [0.15, 0.2) is 0 Å². The molecule has 0 aromatic carbocycles. The number of carbonyl (C=O) groups is 1. The van der Waals surface area contributed by atoms with Crippen molar-refractivity contribution in [3.05, 3.63) is 0 Å². The number of amides is 1. The fraction of sp³-hybridized carbons (Fsp3) is 0.750. The zero-order valence-corrected chi connectivity index (χ0v) is 8.53. The van der Waals surface area contributed by atoms with Gasteiger partial charge in [0, 0.05) is 5.38 Å². The lowest BCUT2D eigenvalue weighted by Gasteiger charge is -2.36. The Morgan fingerprint density at radius 1 is 1.54 bits per heavy atom. The topological polar surface area (TPSA) is 38.3 Å². The molecule has 1 amide bonds. The highest BCUT2D eigenvalue weighted by atomic mass is 35.5. The molecule has 0 bridgehead atoms. The van der Waals surface area contributed by atoms with Crippen molar-refractivity contribution in [2.24, 2.45) is 5.92 Å². The molecule has 72 valence electrons. The van der Waals surface area contributed by atoms with Gasteiger partial charge < -0.3 is 4.74 Å². The molecule has 0 radical (unpaired) electrons. The highest BCUT2D eigenvalue weighted by molar-refractivity contribution is 7.80. The van der Waals surface area contributed by atoms with Crippen LogP contribution in [0.3, 0.4) is 0 Å². The van der Waals surface area contributed by atoms with E-state index in [1.165, 1.54) is 0 Å². The van der Waals surface area contributed by atoms with Crippen LogP contribution in [0.5, 0.6) is 0 Å². The van der Waals surface area contributed by atoms with Crippen molar-refractivity contribution in [2.75, 3.05) is 0 Å². The maximum atomic E-state index is 11.4. The van der Waals surface area contributed by atoms with Crippen molar-refractivity contribution in [2.45, 2.75) is 30.7 Å². The van der Waals surface area contributed by atoms with Crippen LogP contribution < -0.4 is 5.32 Å². The number of thiocarbonyl (C=S) groups is 1. The molecule has 0 aromatic rings. The normalized spacial score (nSPS) is 39.0.